The van der Waals surface area contributed by atoms with Crippen LogP contribution in [0.5, 0.6) is 0 Å². The number of rotatable bonds is 6. The standard InChI is InChI=1S/C19H30N2O4S2/c1-2-11-21(16-8-3-4-9-17(16)22)19(23)15-7-5-12-20(14-15)27(24,25)18-10-6-13-26-18/h6,10,13,15-17,22H,2-5,7-9,11-12,14H2,1H3/t15-,16-,17-/m1/s1. The zero-order chi connectivity index (χ0) is 19.4. The van der Waals surface area contributed by atoms with E-state index in [1.165, 1.54) is 15.6 Å². The second-order valence-corrected chi connectivity index (χ2v) is 10.7. The second-order valence-electron chi connectivity index (χ2n) is 7.59. The van der Waals surface area contributed by atoms with Crippen LogP contribution in [0.2, 0.25) is 0 Å². The van der Waals surface area contributed by atoms with Gasteiger partial charge in [0.1, 0.15) is 4.21 Å². The maximum absolute atomic E-state index is 13.3. The summed E-state index contributed by atoms with van der Waals surface area (Å²) >= 11 is 1.21. The molecule has 1 aromatic heterocycles. The van der Waals surface area contributed by atoms with Crippen LogP contribution in [0.15, 0.2) is 21.7 Å². The van der Waals surface area contributed by atoms with E-state index in [9.17, 15) is 18.3 Å². The van der Waals surface area contributed by atoms with Gasteiger partial charge in [-0.2, -0.15) is 4.31 Å². The molecule has 2 aliphatic rings. The maximum atomic E-state index is 13.3. The molecule has 1 aliphatic carbocycles. The van der Waals surface area contributed by atoms with Crippen molar-refractivity contribution in [1.29, 1.82) is 0 Å². The molecule has 3 rings (SSSR count). The molecule has 0 bridgehead atoms. The van der Waals surface area contributed by atoms with E-state index in [4.69, 9.17) is 0 Å². The molecule has 6 nitrogen and oxygen atoms in total. The fourth-order valence-electron chi connectivity index (χ4n) is 4.27. The van der Waals surface area contributed by atoms with Crippen LogP contribution in [-0.2, 0) is 14.8 Å². The highest BCUT2D eigenvalue weighted by atomic mass is 32.2. The summed E-state index contributed by atoms with van der Waals surface area (Å²) in [6, 6.07) is 3.22. The number of aliphatic hydroxyl groups is 1. The summed E-state index contributed by atoms with van der Waals surface area (Å²) in [4.78, 5) is 15.1. The molecule has 0 radical (unpaired) electrons. The van der Waals surface area contributed by atoms with Gasteiger partial charge in [-0.15, -0.1) is 11.3 Å². The highest BCUT2D eigenvalue weighted by molar-refractivity contribution is 7.91. The van der Waals surface area contributed by atoms with Crippen molar-refractivity contribution in [2.75, 3.05) is 19.6 Å². The Bertz CT molecular complexity index is 720. The van der Waals surface area contributed by atoms with Gasteiger partial charge in [0.05, 0.1) is 18.1 Å². The lowest BCUT2D eigenvalue weighted by atomic mass is 9.89. The number of carbonyl (C=O) groups excluding carboxylic acids is 1. The summed E-state index contributed by atoms with van der Waals surface area (Å²) < 4.78 is 27.5. The molecule has 152 valence electrons. The summed E-state index contributed by atoms with van der Waals surface area (Å²) in [5.74, 6) is -0.317. The Morgan fingerprint density at radius 1 is 1.30 bits per heavy atom. The van der Waals surface area contributed by atoms with Crippen LogP contribution < -0.4 is 0 Å². The van der Waals surface area contributed by atoms with Gasteiger partial charge in [0.25, 0.3) is 10.0 Å². The highest BCUT2D eigenvalue weighted by Crippen LogP contribution is 2.30. The molecule has 27 heavy (non-hydrogen) atoms. The van der Waals surface area contributed by atoms with Crippen LogP contribution in [0.3, 0.4) is 0 Å². The largest absolute Gasteiger partial charge is 0.391 e. The lowest BCUT2D eigenvalue weighted by Gasteiger charge is -2.41. The van der Waals surface area contributed by atoms with E-state index in [1.807, 2.05) is 11.8 Å². The summed E-state index contributed by atoms with van der Waals surface area (Å²) in [7, 11) is -3.53. The van der Waals surface area contributed by atoms with E-state index in [-0.39, 0.29) is 24.4 Å². The third-order valence-electron chi connectivity index (χ3n) is 5.66. The summed E-state index contributed by atoms with van der Waals surface area (Å²) in [6.45, 7) is 3.35. The molecule has 0 unspecified atom stereocenters. The average molecular weight is 415 g/mol. The van der Waals surface area contributed by atoms with Gasteiger partial charge in [-0.05, 0) is 43.6 Å². The van der Waals surface area contributed by atoms with Gasteiger partial charge in [0, 0.05) is 19.6 Å². The molecule has 0 spiro atoms. The predicted molar refractivity (Wildman–Crippen MR) is 106 cm³/mol. The third kappa shape index (κ3) is 4.55. The molecule has 2 heterocycles. The fourth-order valence-corrected chi connectivity index (χ4v) is 6.94. The number of amides is 1. The van der Waals surface area contributed by atoms with Crippen LogP contribution in [0, 0.1) is 5.92 Å². The van der Waals surface area contributed by atoms with Crippen LogP contribution in [0.25, 0.3) is 0 Å². The molecule has 1 saturated carbocycles. The van der Waals surface area contributed by atoms with E-state index in [0.717, 1.165) is 32.1 Å². The Labute approximate surface area is 166 Å². The van der Waals surface area contributed by atoms with Crippen molar-refractivity contribution < 1.29 is 18.3 Å². The number of piperidine rings is 1. The van der Waals surface area contributed by atoms with Crippen LogP contribution in [0.1, 0.15) is 51.9 Å². The molecular weight excluding hydrogens is 384 g/mol. The Morgan fingerprint density at radius 3 is 2.74 bits per heavy atom. The number of aliphatic hydroxyl groups excluding tert-OH is 1. The van der Waals surface area contributed by atoms with Crippen molar-refractivity contribution in [1.82, 2.24) is 9.21 Å². The van der Waals surface area contributed by atoms with Crippen molar-refractivity contribution in [2.45, 2.75) is 68.2 Å². The zero-order valence-corrected chi connectivity index (χ0v) is 17.6. The molecule has 1 saturated heterocycles. The molecule has 8 heteroatoms. The van der Waals surface area contributed by atoms with Crippen molar-refractivity contribution in [3.8, 4) is 0 Å². The van der Waals surface area contributed by atoms with Gasteiger partial charge in [-0.25, -0.2) is 8.42 Å². The smallest absolute Gasteiger partial charge is 0.252 e. The van der Waals surface area contributed by atoms with Crippen molar-refractivity contribution >= 4 is 27.3 Å². The molecule has 3 atom stereocenters. The summed E-state index contributed by atoms with van der Waals surface area (Å²) in [6.07, 6.45) is 5.36. The van der Waals surface area contributed by atoms with Gasteiger partial charge in [-0.1, -0.05) is 25.8 Å². The van der Waals surface area contributed by atoms with Crippen LogP contribution >= 0.6 is 11.3 Å². The Kier molecular flexibility index (Phi) is 6.94. The topological polar surface area (TPSA) is 77.9 Å². The Balaban J connectivity index is 1.74. The maximum Gasteiger partial charge on any atom is 0.252 e. The molecule has 1 aromatic rings. The molecule has 1 amide bonds. The van der Waals surface area contributed by atoms with E-state index in [1.54, 1.807) is 17.5 Å². The number of sulfonamides is 1. The Morgan fingerprint density at radius 2 is 2.07 bits per heavy atom. The Hall–Kier alpha value is -0.960. The average Bonchev–Trinajstić information content (AvgIpc) is 3.22. The first-order chi connectivity index (χ1) is 12.9. The van der Waals surface area contributed by atoms with Gasteiger partial charge in [0.2, 0.25) is 5.91 Å². The first-order valence-corrected chi connectivity index (χ1v) is 12.3. The SMILES string of the molecule is CCCN(C(=O)[C@@H]1CCCN(S(=O)(=O)c2cccs2)C1)[C@@H]1CCCC[C@H]1O. The van der Waals surface area contributed by atoms with Gasteiger partial charge in [0.15, 0.2) is 0 Å². The van der Waals surface area contributed by atoms with Crippen LogP contribution in [0.4, 0.5) is 0 Å². The minimum atomic E-state index is -3.53. The summed E-state index contributed by atoms with van der Waals surface area (Å²) in [5, 5.41) is 12.2. The number of nitrogens with zero attached hydrogens (tertiary/aromatic N) is 2. The number of thiophene rings is 1. The quantitative estimate of drug-likeness (QED) is 0.776. The normalized spacial score (nSPS) is 27.4. The predicted octanol–water partition coefficient (Wildman–Crippen LogP) is 2.69. The molecule has 1 aliphatic heterocycles. The second kappa shape index (κ2) is 9.03. The van der Waals surface area contributed by atoms with E-state index < -0.39 is 16.1 Å². The monoisotopic (exact) mass is 414 g/mol. The minimum Gasteiger partial charge on any atom is -0.391 e. The highest BCUT2D eigenvalue weighted by Gasteiger charge is 2.38. The van der Waals surface area contributed by atoms with Crippen LogP contribution in [-0.4, -0.2) is 60.4 Å². The molecule has 2 fully saturated rings. The first-order valence-electron chi connectivity index (χ1n) is 9.97. The van der Waals surface area contributed by atoms with Crippen molar-refractivity contribution in [3.05, 3.63) is 17.5 Å². The number of hydrogen-bond donors (Lipinski definition) is 1. The van der Waals surface area contributed by atoms with Crippen molar-refractivity contribution in [3.63, 3.8) is 0 Å². The fraction of sp³-hybridized carbons (Fsp3) is 0.737. The van der Waals surface area contributed by atoms with Crippen molar-refractivity contribution in [2.24, 2.45) is 5.92 Å². The molecular formula is C19H30N2O4S2. The lowest BCUT2D eigenvalue weighted by Crippen LogP contribution is -2.53. The zero-order valence-electron chi connectivity index (χ0n) is 15.9. The van der Waals surface area contributed by atoms with Gasteiger partial charge < -0.3 is 10.0 Å². The van der Waals surface area contributed by atoms with E-state index in [0.29, 0.717) is 30.1 Å². The van der Waals surface area contributed by atoms with Gasteiger partial charge >= 0.3 is 0 Å². The summed E-state index contributed by atoms with van der Waals surface area (Å²) in [5.41, 5.74) is 0. The molecule has 0 aromatic carbocycles. The van der Waals surface area contributed by atoms with E-state index in [2.05, 4.69) is 0 Å². The third-order valence-corrected chi connectivity index (χ3v) is 8.90. The van der Waals surface area contributed by atoms with Gasteiger partial charge in [-0.3, -0.25) is 4.79 Å². The minimum absolute atomic E-state index is 0.00822. The number of hydrogen-bond acceptors (Lipinski definition) is 5. The van der Waals surface area contributed by atoms with E-state index >= 15 is 0 Å². The number of carbonyl (C=O) groups is 1. The molecule has 1 N–H and O–H groups in total. The lowest BCUT2D eigenvalue weighted by molar-refractivity contribution is -0.143. The first kappa shape index (κ1) is 20.8.